The number of hydrogen-bond donors (Lipinski definition) is 2. The minimum atomic E-state index is -0.396. The number of aliphatic hydroxyl groups is 1. The Labute approximate surface area is 74.6 Å². The maximum absolute atomic E-state index is 11.5. The second kappa shape index (κ2) is 3.14. The van der Waals surface area contributed by atoms with E-state index in [4.69, 9.17) is 0 Å². The molecule has 0 aromatic carbocycles. The predicted molar refractivity (Wildman–Crippen MR) is 42.9 cm³/mol. The first-order chi connectivity index (χ1) is 6.27. The molecule has 0 bridgehead atoms. The van der Waals surface area contributed by atoms with E-state index in [-0.39, 0.29) is 11.7 Å². The Kier molecular flexibility index (Phi) is 1.97. The van der Waals surface area contributed by atoms with Gasteiger partial charge in [0.1, 0.15) is 6.33 Å². The van der Waals surface area contributed by atoms with Crippen LogP contribution in [0.4, 0.5) is 0 Å². The van der Waals surface area contributed by atoms with Crippen molar-refractivity contribution in [3.05, 3.63) is 12.2 Å². The number of carbonyl (C=O) groups excluding carboxylic acids is 1. The molecule has 1 atom stereocenters. The van der Waals surface area contributed by atoms with E-state index < -0.39 is 6.10 Å². The highest BCUT2D eigenvalue weighted by molar-refractivity contribution is 5.90. The fraction of sp³-hybridized carbons (Fsp3) is 0.571. The molecule has 1 aliphatic rings. The Morgan fingerprint density at radius 3 is 3.15 bits per heavy atom. The van der Waals surface area contributed by atoms with Gasteiger partial charge in [-0.2, -0.15) is 5.10 Å². The lowest BCUT2D eigenvalue weighted by atomic mass is 10.3. The van der Waals surface area contributed by atoms with E-state index in [0.717, 1.165) is 0 Å². The van der Waals surface area contributed by atoms with Gasteiger partial charge < -0.3 is 10.0 Å². The van der Waals surface area contributed by atoms with E-state index in [2.05, 4.69) is 15.2 Å². The van der Waals surface area contributed by atoms with E-state index in [0.29, 0.717) is 19.5 Å². The summed E-state index contributed by atoms with van der Waals surface area (Å²) in [5.74, 6) is 0.0307. The molecular formula is C7H10N4O2. The SMILES string of the molecule is O=C(c1ncn[nH]1)N1CCC(O)C1. The van der Waals surface area contributed by atoms with Crippen molar-refractivity contribution in [1.29, 1.82) is 0 Å². The molecule has 2 heterocycles. The molecule has 1 fully saturated rings. The summed E-state index contributed by atoms with van der Waals surface area (Å²) in [6.07, 6.45) is 1.53. The molecule has 2 N–H and O–H groups in total. The molecule has 0 spiro atoms. The zero-order valence-corrected chi connectivity index (χ0v) is 6.97. The summed E-state index contributed by atoms with van der Waals surface area (Å²) >= 11 is 0. The fourth-order valence-electron chi connectivity index (χ4n) is 1.38. The van der Waals surface area contributed by atoms with Gasteiger partial charge in [-0.3, -0.25) is 9.89 Å². The van der Waals surface area contributed by atoms with Crippen LogP contribution in [0.25, 0.3) is 0 Å². The largest absolute Gasteiger partial charge is 0.391 e. The number of nitrogens with one attached hydrogen (secondary N) is 1. The molecule has 1 aromatic heterocycles. The van der Waals surface area contributed by atoms with Gasteiger partial charge in [-0.1, -0.05) is 0 Å². The second-order valence-electron chi connectivity index (χ2n) is 3.03. The van der Waals surface area contributed by atoms with Crippen LogP contribution < -0.4 is 0 Å². The van der Waals surface area contributed by atoms with Crippen molar-refractivity contribution in [2.24, 2.45) is 0 Å². The van der Waals surface area contributed by atoms with Gasteiger partial charge >= 0.3 is 0 Å². The number of amides is 1. The Balaban J connectivity index is 2.06. The number of H-pyrrole nitrogens is 1. The summed E-state index contributed by atoms with van der Waals surface area (Å²) < 4.78 is 0. The summed E-state index contributed by atoms with van der Waals surface area (Å²) in [5.41, 5.74) is 0. The average Bonchev–Trinajstić information content (AvgIpc) is 2.72. The molecule has 6 heteroatoms. The first kappa shape index (κ1) is 8.18. The summed E-state index contributed by atoms with van der Waals surface area (Å²) in [7, 11) is 0. The summed E-state index contributed by atoms with van der Waals surface area (Å²) in [4.78, 5) is 16.8. The highest BCUT2D eigenvalue weighted by Gasteiger charge is 2.26. The Hall–Kier alpha value is -1.43. The molecule has 13 heavy (non-hydrogen) atoms. The first-order valence-corrected chi connectivity index (χ1v) is 4.10. The van der Waals surface area contributed by atoms with Gasteiger partial charge in [0.25, 0.3) is 5.91 Å². The Morgan fingerprint density at radius 1 is 1.77 bits per heavy atom. The zero-order valence-electron chi connectivity index (χ0n) is 6.97. The summed E-state index contributed by atoms with van der Waals surface area (Å²) in [5, 5.41) is 15.3. The van der Waals surface area contributed by atoms with Crippen molar-refractivity contribution >= 4 is 5.91 Å². The molecule has 70 valence electrons. The van der Waals surface area contributed by atoms with E-state index in [1.807, 2.05) is 0 Å². The molecule has 0 radical (unpaired) electrons. The lowest BCUT2D eigenvalue weighted by molar-refractivity contribution is 0.0753. The van der Waals surface area contributed by atoms with Crippen molar-refractivity contribution in [3.63, 3.8) is 0 Å². The van der Waals surface area contributed by atoms with Gasteiger partial charge in [-0.25, -0.2) is 4.98 Å². The van der Waals surface area contributed by atoms with Gasteiger partial charge in [-0.15, -0.1) is 0 Å². The van der Waals surface area contributed by atoms with Crippen molar-refractivity contribution in [3.8, 4) is 0 Å². The van der Waals surface area contributed by atoms with Gasteiger partial charge in [0, 0.05) is 13.1 Å². The van der Waals surface area contributed by atoms with E-state index >= 15 is 0 Å². The van der Waals surface area contributed by atoms with E-state index in [9.17, 15) is 9.90 Å². The molecule has 2 rings (SSSR count). The smallest absolute Gasteiger partial charge is 0.291 e. The summed E-state index contributed by atoms with van der Waals surface area (Å²) in [6.45, 7) is 0.972. The fourth-order valence-corrected chi connectivity index (χ4v) is 1.38. The van der Waals surface area contributed by atoms with Gasteiger partial charge in [0.05, 0.1) is 6.10 Å². The number of likely N-dealkylation sites (tertiary alicyclic amines) is 1. The molecule has 1 unspecified atom stereocenters. The lowest BCUT2D eigenvalue weighted by Crippen LogP contribution is -2.30. The Morgan fingerprint density at radius 2 is 2.62 bits per heavy atom. The number of rotatable bonds is 1. The lowest BCUT2D eigenvalue weighted by Gasteiger charge is -2.12. The van der Waals surface area contributed by atoms with Crippen molar-refractivity contribution in [2.45, 2.75) is 12.5 Å². The van der Waals surface area contributed by atoms with E-state index in [1.165, 1.54) is 6.33 Å². The quantitative estimate of drug-likeness (QED) is 0.584. The van der Waals surface area contributed by atoms with Crippen molar-refractivity contribution in [1.82, 2.24) is 20.1 Å². The van der Waals surface area contributed by atoms with Crippen LogP contribution in [-0.4, -0.2) is 50.3 Å². The average molecular weight is 182 g/mol. The molecule has 0 aliphatic carbocycles. The first-order valence-electron chi connectivity index (χ1n) is 4.10. The van der Waals surface area contributed by atoms with Gasteiger partial charge in [0.15, 0.2) is 0 Å². The number of nitrogens with zero attached hydrogens (tertiary/aromatic N) is 3. The zero-order chi connectivity index (χ0) is 9.26. The predicted octanol–water partition coefficient (Wildman–Crippen LogP) is -0.989. The molecule has 6 nitrogen and oxygen atoms in total. The topological polar surface area (TPSA) is 82.1 Å². The minimum Gasteiger partial charge on any atom is -0.391 e. The third-order valence-electron chi connectivity index (χ3n) is 2.07. The molecule has 1 aromatic rings. The number of carbonyl (C=O) groups is 1. The van der Waals surface area contributed by atoms with Crippen LogP contribution in [0.2, 0.25) is 0 Å². The highest BCUT2D eigenvalue weighted by atomic mass is 16.3. The second-order valence-corrected chi connectivity index (χ2v) is 3.03. The molecule has 1 aliphatic heterocycles. The summed E-state index contributed by atoms with van der Waals surface area (Å²) in [6, 6.07) is 0. The van der Waals surface area contributed by atoms with Crippen LogP contribution in [0, 0.1) is 0 Å². The van der Waals surface area contributed by atoms with Crippen LogP contribution in [-0.2, 0) is 0 Å². The van der Waals surface area contributed by atoms with Crippen LogP contribution in [0.3, 0.4) is 0 Å². The number of aromatic amines is 1. The van der Waals surface area contributed by atoms with Crippen LogP contribution in [0.1, 0.15) is 17.0 Å². The molecule has 1 saturated heterocycles. The minimum absolute atomic E-state index is 0.200. The normalized spacial score (nSPS) is 22.2. The van der Waals surface area contributed by atoms with Crippen LogP contribution >= 0.6 is 0 Å². The number of aliphatic hydroxyl groups excluding tert-OH is 1. The third kappa shape index (κ3) is 1.52. The number of hydrogen-bond acceptors (Lipinski definition) is 4. The van der Waals surface area contributed by atoms with E-state index in [1.54, 1.807) is 4.90 Å². The monoisotopic (exact) mass is 182 g/mol. The number of aromatic nitrogens is 3. The van der Waals surface area contributed by atoms with Crippen LogP contribution in [0.15, 0.2) is 6.33 Å². The van der Waals surface area contributed by atoms with Gasteiger partial charge in [-0.05, 0) is 6.42 Å². The van der Waals surface area contributed by atoms with Crippen LogP contribution in [0.5, 0.6) is 0 Å². The third-order valence-corrected chi connectivity index (χ3v) is 2.07. The maximum atomic E-state index is 11.5. The highest BCUT2D eigenvalue weighted by Crippen LogP contribution is 2.10. The van der Waals surface area contributed by atoms with Crippen molar-refractivity contribution in [2.75, 3.05) is 13.1 Å². The van der Waals surface area contributed by atoms with Gasteiger partial charge in [0.2, 0.25) is 5.82 Å². The molecule has 0 saturated carbocycles. The maximum Gasteiger partial charge on any atom is 0.291 e. The Bertz CT molecular complexity index is 297. The number of β-amino-alcohol motifs (C(OH)–C–C–N with tert-alkyl or cyclic N) is 1. The van der Waals surface area contributed by atoms with Crippen molar-refractivity contribution < 1.29 is 9.90 Å². The standard InChI is InChI=1S/C7H10N4O2/c12-5-1-2-11(3-5)7(13)6-8-4-9-10-6/h4-5,12H,1-3H2,(H,8,9,10). The molecule has 1 amide bonds. The molecular weight excluding hydrogens is 172 g/mol.